The number of benzene rings is 1. The molecule has 25 heavy (non-hydrogen) atoms. The lowest BCUT2D eigenvalue weighted by Gasteiger charge is -2.06. The normalized spacial score (nSPS) is 10.6. The van der Waals surface area contributed by atoms with Crippen LogP contribution in [0.1, 0.15) is 74.2 Å². The number of aromatic nitrogens is 1. The Morgan fingerprint density at radius 3 is 2.08 bits per heavy atom. The maximum atomic E-state index is 12.0. The van der Waals surface area contributed by atoms with E-state index in [2.05, 4.69) is 24.0 Å². The van der Waals surface area contributed by atoms with Crippen molar-refractivity contribution in [2.45, 2.75) is 64.7 Å². The van der Waals surface area contributed by atoms with Gasteiger partial charge in [0.15, 0.2) is 0 Å². The van der Waals surface area contributed by atoms with Crippen molar-refractivity contribution in [1.82, 2.24) is 4.98 Å². The van der Waals surface area contributed by atoms with E-state index in [0.717, 1.165) is 6.42 Å². The topological polar surface area (TPSA) is 39.2 Å². The first kappa shape index (κ1) is 19.2. The number of carbonyl (C=O) groups is 1. The Kier molecular flexibility index (Phi) is 8.74. The van der Waals surface area contributed by atoms with Crippen LogP contribution in [-0.4, -0.2) is 11.0 Å². The zero-order chi connectivity index (χ0) is 17.7. The zero-order valence-corrected chi connectivity index (χ0v) is 15.2. The van der Waals surface area contributed by atoms with Gasteiger partial charge in [-0.3, -0.25) is 4.98 Å². The van der Waals surface area contributed by atoms with E-state index in [1.807, 2.05) is 12.1 Å². The zero-order valence-electron chi connectivity index (χ0n) is 15.2. The molecule has 0 fully saturated rings. The lowest BCUT2D eigenvalue weighted by Crippen LogP contribution is -2.08. The smallest absolute Gasteiger partial charge is 0.343 e. The second kappa shape index (κ2) is 11.4. The molecule has 3 nitrogen and oxygen atoms in total. The summed E-state index contributed by atoms with van der Waals surface area (Å²) in [6.07, 6.45) is 14.9. The third-order valence-electron chi connectivity index (χ3n) is 4.37. The van der Waals surface area contributed by atoms with Crippen molar-refractivity contribution in [3.05, 3.63) is 59.9 Å². The number of ether oxygens (including phenoxy) is 1. The minimum Gasteiger partial charge on any atom is -0.423 e. The number of rotatable bonds is 11. The average Bonchev–Trinajstić information content (AvgIpc) is 2.66. The average molecular weight is 339 g/mol. The standard InChI is InChI=1S/C22H29NO2/c1-2-3-4-5-6-7-8-9-10-19-11-13-21(14-12-19)25-22(24)20-15-17-23-18-16-20/h11-18H,2-10H2,1H3. The van der Waals surface area contributed by atoms with Crippen LogP contribution in [0.5, 0.6) is 5.75 Å². The highest BCUT2D eigenvalue weighted by molar-refractivity contribution is 5.90. The lowest BCUT2D eigenvalue weighted by atomic mass is 10.0. The SMILES string of the molecule is CCCCCCCCCCc1ccc(OC(=O)c2ccncc2)cc1. The lowest BCUT2D eigenvalue weighted by molar-refractivity contribution is 0.0734. The molecular weight excluding hydrogens is 310 g/mol. The molecule has 0 radical (unpaired) electrons. The number of nitrogens with zero attached hydrogens (tertiary/aromatic N) is 1. The number of pyridine rings is 1. The van der Waals surface area contributed by atoms with Gasteiger partial charge in [0.05, 0.1) is 5.56 Å². The fourth-order valence-electron chi connectivity index (χ4n) is 2.84. The first-order valence-electron chi connectivity index (χ1n) is 9.50. The molecule has 1 aromatic carbocycles. The van der Waals surface area contributed by atoms with Crippen LogP contribution < -0.4 is 4.74 Å². The van der Waals surface area contributed by atoms with Crippen molar-refractivity contribution in [1.29, 1.82) is 0 Å². The molecule has 0 aliphatic rings. The van der Waals surface area contributed by atoms with E-state index < -0.39 is 0 Å². The third kappa shape index (κ3) is 7.51. The molecule has 2 aromatic rings. The van der Waals surface area contributed by atoms with Gasteiger partial charge in [0.25, 0.3) is 0 Å². The van der Waals surface area contributed by atoms with Crippen LogP contribution in [0.4, 0.5) is 0 Å². The van der Waals surface area contributed by atoms with Gasteiger partial charge < -0.3 is 4.74 Å². The highest BCUT2D eigenvalue weighted by Crippen LogP contribution is 2.16. The van der Waals surface area contributed by atoms with E-state index in [-0.39, 0.29) is 5.97 Å². The van der Waals surface area contributed by atoms with E-state index >= 15 is 0 Å². The van der Waals surface area contributed by atoms with Crippen LogP contribution in [-0.2, 0) is 6.42 Å². The number of carbonyl (C=O) groups excluding carboxylic acids is 1. The summed E-state index contributed by atoms with van der Waals surface area (Å²) >= 11 is 0. The maximum absolute atomic E-state index is 12.0. The van der Waals surface area contributed by atoms with E-state index in [1.54, 1.807) is 24.5 Å². The summed E-state index contributed by atoms with van der Waals surface area (Å²) in [6, 6.07) is 11.2. The predicted molar refractivity (Wildman–Crippen MR) is 102 cm³/mol. The number of esters is 1. The van der Waals surface area contributed by atoms with E-state index in [4.69, 9.17) is 4.74 Å². The van der Waals surface area contributed by atoms with E-state index in [1.165, 1.54) is 56.9 Å². The summed E-state index contributed by atoms with van der Waals surface area (Å²) in [5, 5.41) is 0. The summed E-state index contributed by atoms with van der Waals surface area (Å²) in [4.78, 5) is 15.9. The molecule has 1 aromatic heterocycles. The highest BCUT2D eigenvalue weighted by Gasteiger charge is 2.07. The van der Waals surface area contributed by atoms with E-state index in [9.17, 15) is 4.79 Å². The van der Waals surface area contributed by atoms with Gasteiger partial charge >= 0.3 is 5.97 Å². The minimum absolute atomic E-state index is 0.349. The number of hydrogen-bond donors (Lipinski definition) is 0. The van der Waals surface area contributed by atoms with Crippen molar-refractivity contribution in [3.8, 4) is 5.75 Å². The number of aryl methyl sites for hydroxylation is 1. The van der Waals surface area contributed by atoms with Crippen LogP contribution in [0.15, 0.2) is 48.8 Å². The summed E-state index contributed by atoms with van der Waals surface area (Å²) in [5.41, 5.74) is 1.81. The molecule has 134 valence electrons. The maximum Gasteiger partial charge on any atom is 0.343 e. The number of unbranched alkanes of at least 4 members (excludes halogenated alkanes) is 7. The van der Waals surface area contributed by atoms with Gasteiger partial charge in [-0.2, -0.15) is 0 Å². The Bertz CT molecular complexity index is 608. The highest BCUT2D eigenvalue weighted by atomic mass is 16.5. The molecular formula is C22H29NO2. The van der Waals surface area contributed by atoms with Crippen LogP contribution >= 0.6 is 0 Å². The Labute approximate surface area is 151 Å². The Balaban J connectivity index is 1.65. The second-order valence-corrected chi connectivity index (χ2v) is 6.49. The van der Waals surface area contributed by atoms with Crippen LogP contribution in [0.25, 0.3) is 0 Å². The monoisotopic (exact) mass is 339 g/mol. The van der Waals surface area contributed by atoms with Crippen molar-refractivity contribution < 1.29 is 9.53 Å². The van der Waals surface area contributed by atoms with Gasteiger partial charge in [0.2, 0.25) is 0 Å². The molecule has 0 spiro atoms. The van der Waals surface area contributed by atoms with E-state index in [0.29, 0.717) is 11.3 Å². The van der Waals surface area contributed by atoms with Crippen molar-refractivity contribution >= 4 is 5.97 Å². The molecule has 3 heteroatoms. The molecule has 0 saturated heterocycles. The van der Waals surface area contributed by atoms with Crippen molar-refractivity contribution in [2.75, 3.05) is 0 Å². The van der Waals surface area contributed by atoms with Gasteiger partial charge in [-0.05, 0) is 42.7 Å². The first-order valence-corrected chi connectivity index (χ1v) is 9.50. The van der Waals surface area contributed by atoms with Crippen LogP contribution in [0.3, 0.4) is 0 Å². The Morgan fingerprint density at radius 2 is 1.44 bits per heavy atom. The van der Waals surface area contributed by atoms with Crippen molar-refractivity contribution in [2.24, 2.45) is 0 Å². The van der Waals surface area contributed by atoms with Gasteiger partial charge in [-0.1, -0.05) is 64.0 Å². The molecule has 0 amide bonds. The van der Waals surface area contributed by atoms with Gasteiger partial charge in [0, 0.05) is 12.4 Å². The molecule has 0 N–H and O–H groups in total. The fraction of sp³-hybridized carbons (Fsp3) is 0.455. The van der Waals surface area contributed by atoms with Gasteiger partial charge in [0.1, 0.15) is 5.75 Å². The van der Waals surface area contributed by atoms with Gasteiger partial charge in [-0.25, -0.2) is 4.79 Å². The van der Waals surface area contributed by atoms with Crippen LogP contribution in [0, 0.1) is 0 Å². The quantitative estimate of drug-likeness (QED) is 0.287. The molecule has 2 rings (SSSR count). The molecule has 0 bridgehead atoms. The molecule has 0 unspecified atom stereocenters. The third-order valence-corrected chi connectivity index (χ3v) is 4.37. The second-order valence-electron chi connectivity index (χ2n) is 6.49. The number of hydrogen-bond acceptors (Lipinski definition) is 3. The Hall–Kier alpha value is -2.16. The summed E-state index contributed by atoms with van der Waals surface area (Å²) in [6.45, 7) is 2.26. The van der Waals surface area contributed by atoms with Crippen LogP contribution in [0.2, 0.25) is 0 Å². The van der Waals surface area contributed by atoms with Crippen molar-refractivity contribution in [3.63, 3.8) is 0 Å². The minimum atomic E-state index is -0.349. The fourth-order valence-corrected chi connectivity index (χ4v) is 2.84. The molecule has 0 aliphatic carbocycles. The summed E-state index contributed by atoms with van der Waals surface area (Å²) in [7, 11) is 0. The Morgan fingerprint density at radius 1 is 0.840 bits per heavy atom. The molecule has 0 aliphatic heterocycles. The first-order chi connectivity index (χ1) is 12.3. The summed E-state index contributed by atoms with van der Waals surface area (Å²) in [5.74, 6) is 0.236. The molecule has 0 atom stereocenters. The predicted octanol–water partition coefficient (Wildman–Crippen LogP) is 5.98. The largest absolute Gasteiger partial charge is 0.423 e. The summed E-state index contributed by atoms with van der Waals surface area (Å²) < 4.78 is 5.38. The van der Waals surface area contributed by atoms with Gasteiger partial charge in [-0.15, -0.1) is 0 Å². The molecule has 0 saturated carbocycles. The molecule has 1 heterocycles.